The first kappa shape index (κ1) is 18.4. The third kappa shape index (κ3) is 3.31. The van der Waals surface area contributed by atoms with E-state index < -0.39 is 17.5 Å². The number of amides is 1. The van der Waals surface area contributed by atoms with Crippen molar-refractivity contribution in [1.82, 2.24) is 9.97 Å². The zero-order chi connectivity index (χ0) is 20.7. The maximum atomic E-state index is 14.2. The molecule has 0 radical (unpaired) electrons. The highest BCUT2D eigenvalue weighted by Crippen LogP contribution is 2.33. The van der Waals surface area contributed by atoms with Crippen LogP contribution in [0.1, 0.15) is 16.1 Å². The molecule has 3 aromatic heterocycles. The molecule has 0 unspecified atom stereocenters. The summed E-state index contributed by atoms with van der Waals surface area (Å²) in [5.41, 5.74) is 1.36. The largest absolute Gasteiger partial charge is 0.451 e. The lowest BCUT2D eigenvalue weighted by molar-refractivity contribution is 0.0960. The Hall–Kier alpha value is -3.65. The Labute approximate surface area is 173 Å². The maximum Gasteiger partial charge on any atom is 0.296 e. The lowest BCUT2D eigenvalue weighted by Gasteiger charge is -2.18. The molecule has 0 aliphatic rings. The third-order valence-electron chi connectivity index (χ3n) is 4.58. The average molecular weight is 421 g/mol. The number of furan rings is 1. The fourth-order valence-corrected chi connectivity index (χ4v) is 4.18. The number of carbonyl (C=O) groups is 1. The number of hydrogen-bond donors (Lipinski definition) is 0. The van der Waals surface area contributed by atoms with E-state index in [9.17, 15) is 13.6 Å². The van der Waals surface area contributed by atoms with Crippen LogP contribution in [0.2, 0.25) is 0 Å². The van der Waals surface area contributed by atoms with Crippen LogP contribution >= 0.6 is 11.3 Å². The topological polar surface area (TPSA) is 59.2 Å². The van der Waals surface area contributed by atoms with Crippen LogP contribution in [0.4, 0.5) is 13.9 Å². The highest BCUT2D eigenvalue weighted by Gasteiger charge is 2.25. The molecule has 0 fully saturated rings. The van der Waals surface area contributed by atoms with Crippen LogP contribution in [0.5, 0.6) is 0 Å². The number of anilines is 1. The Morgan fingerprint density at radius 1 is 1.10 bits per heavy atom. The van der Waals surface area contributed by atoms with Gasteiger partial charge in [0.15, 0.2) is 16.7 Å². The second-order valence-electron chi connectivity index (χ2n) is 6.63. The van der Waals surface area contributed by atoms with E-state index in [4.69, 9.17) is 4.42 Å². The van der Waals surface area contributed by atoms with Crippen molar-refractivity contribution in [3.05, 3.63) is 89.9 Å². The molecule has 0 bridgehead atoms. The molecule has 0 spiro atoms. The molecule has 0 saturated heterocycles. The summed E-state index contributed by atoms with van der Waals surface area (Å²) in [6, 6.07) is 14.5. The van der Waals surface area contributed by atoms with E-state index in [0.29, 0.717) is 10.3 Å². The summed E-state index contributed by atoms with van der Waals surface area (Å²) < 4.78 is 33.9. The van der Waals surface area contributed by atoms with E-state index >= 15 is 0 Å². The lowest BCUT2D eigenvalue weighted by Crippen LogP contribution is -2.30. The van der Waals surface area contributed by atoms with Gasteiger partial charge in [0.05, 0.1) is 11.2 Å². The van der Waals surface area contributed by atoms with E-state index in [1.807, 2.05) is 24.3 Å². The Kier molecular flexibility index (Phi) is 4.48. The summed E-state index contributed by atoms with van der Waals surface area (Å²) in [6.07, 6.45) is 3.26. The summed E-state index contributed by atoms with van der Waals surface area (Å²) in [5, 5.41) is 1.03. The quantitative estimate of drug-likeness (QED) is 0.381. The van der Waals surface area contributed by atoms with Crippen LogP contribution in [0, 0.1) is 11.6 Å². The molecule has 0 saturated carbocycles. The van der Waals surface area contributed by atoms with Crippen molar-refractivity contribution in [1.29, 1.82) is 0 Å². The molecule has 30 heavy (non-hydrogen) atoms. The first-order chi connectivity index (χ1) is 14.6. The second-order valence-corrected chi connectivity index (χ2v) is 7.64. The smallest absolute Gasteiger partial charge is 0.296 e. The summed E-state index contributed by atoms with van der Waals surface area (Å²) >= 11 is 1.03. The number of rotatable bonds is 4. The standard InChI is InChI=1S/C22H13F2N3O2S/c23-15-9-16(24)20-19(10-15)30-22(26-20)27(12-13-4-3-7-25-11-13)21(28)18-8-14-5-1-2-6-17(14)29-18/h1-11H,12H2. The predicted molar refractivity (Wildman–Crippen MR) is 111 cm³/mol. The Balaban J connectivity index is 1.61. The van der Waals surface area contributed by atoms with Gasteiger partial charge in [0.25, 0.3) is 5.91 Å². The predicted octanol–water partition coefficient (Wildman–Crippen LogP) is 5.56. The number of nitrogens with zero attached hydrogens (tertiary/aromatic N) is 3. The molecule has 0 aliphatic carbocycles. The van der Waals surface area contributed by atoms with Crippen molar-refractivity contribution in [2.75, 3.05) is 4.90 Å². The molecule has 0 N–H and O–H groups in total. The number of benzene rings is 2. The van der Waals surface area contributed by atoms with E-state index in [1.54, 1.807) is 30.6 Å². The van der Waals surface area contributed by atoms with Gasteiger partial charge < -0.3 is 4.42 Å². The molecule has 1 amide bonds. The summed E-state index contributed by atoms with van der Waals surface area (Å²) in [6.45, 7) is 0.146. The minimum Gasteiger partial charge on any atom is -0.451 e. The minimum atomic E-state index is -0.773. The van der Waals surface area contributed by atoms with Crippen LogP contribution in [0.15, 0.2) is 71.4 Å². The highest BCUT2D eigenvalue weighted by atomic mass is 32.1. The van der Waals surface area contributed by atoms with Gasteiger partial charge in [0.1, 0.15) is 16.9 Å². The summed E-state index contributed by atoms with van der Waals surface area (Å²) in [4.78, 5) is 23.1. The van der Waals surface area contributed by atoms with Gasteiger partial charge in [-0.25, -0.2) is 13.8 Å². The van der Waals surface area contributed by atoms with E-state index in [0.717, 1.165) is 28.4 Å². The van der Waals surface area contributed by atoms with Gasteiger partial charge in [-0.2, -0.15) is 0 Å². The normalized spacial score (nSPS) is 11.3. The Morgan fingerprint density at radius 3 is 2.77 bits per heavy atom. The summed E-state index contributed by atoms with van der Waals surface area (Å²) in [5.74, 6) is -1.77. The molecular weight excluding hydrogens is 408 g/mol. The van der Waals surface area contributed by atoms with E-state index in [2.05, 4.69) is 9.97 Å². The van der Waals surface area contributed by atoms with Crippen molar-refractivity contribution in [3.63, 3.8) is 0 Å². The molecule has 2 aromatic carbocycles. The Morgan fingerprint density at radius 2 is 1.97 bits per heavy atom. The van der Waals surface area contributed by atoms with Crippen molar-refractivity contribution in [2.45, 2.75) is 6.54 Å². The van der Waals surface area contributed by atoms with E-state index in [-0.39, 0.29) is 23.0 Å². The van der Waals surface area contributed by atoms with Crippen molar-refractivity contribution in [2.24, 2.45) is 0 Å². The van der Waals surface area contributed by atoms with Gasteiger partial charge in [-0.1, -0.05) is 35.6 Å². The van der Waals surface area contributed by atoms with Gasteiger partial charge in [-0.05, 0) is 29.8 Å². The number of para-hydroxylation sites is 1. The molecule has 3 heterocycles. The number of thiazole rings is 1. The second kappa shape index (κ2) is 7.31. The molecule has 5 aromatic rings. The first-order valence-electron chi connectivity index (χ1n) is 9.03. The van der Waals surface area contributed by atoms with Crippen molar-refractivity contribution >= 4 is 43.6 Å². The van der Waals surface area contributed by atoms with Gasteiger partial charge >= 0.3 is 0 Å². The van der Waals surface area contributed by atoms with E-state index in [1.165, 1.54) is 11.0 Å². The molecule has 5 rings (SSSR count). The molecule has 8 heteroatoms. The summed E-state index contributed by atoms with van der Waals surface area (Å²) in [7, 11) is 0. The van der Waals surface area contributed by atoms with Crippen LogP contribution in [-0.4, -0.2) is 15.9 Å². The third-order valence-corrected chi connectivity index (χ3v) is 5.60. The fourth-order valence-electron chi connectivity index (χ4n) is 3.18. The Bertz CT molecular complexity index is 1350. The van der Waals surface area contributed by atoms with Crippen molar-refractivity contribution in [3.8, 4) is 0 Å². The molecule has 5 nitrogen and oxygen atoms in total. The zero-order valence-corrected chi connectivity index (χ0v) is 16.2. The van der Waals surface area contributed by atoms with Crippen molar-refractivity contribution < 1.29 is 18.0 Å². The number of fused-ring (bicyclic) bond motifs is 2. The first-order valence-corrected chi connectivity index (χ1v) is 9.85. The van der Waals surface area contributed by atoms with Crippen LogP contribution in [-0.2, 0) is 6.54 Å². The number of aromatic nitrogens is 2. The van der Waals surface area contributed by atoms with Gasteiger partial charge in [-0.3, -0.25) is 14.7 Å². The molecular formula is C22H13F2N3O2S. The number of carbonyl (C=O) groups excluding carboxylic acids is 1. The van der Waals surface area contributed by atoms with Crippen LogP contribution < -0.4 is 4.90 Å². The average Bonchev–Trinajstić information content (AvgIpc) is 3.36. The maximum absolute atomic E-state index is 14.2. The number of hydrogen-bond acceptors (Lipinski definition) is 5. The molecule has 148 valence electrons. The monoisotopic (exact) mass is 421 g/mol. The number of halogens is 2. The fraction of sp³-hybridized carbons (Fsp3) is 0.0455. The van der Waals surface area contributed by atoms with Gasteiger partial charge in [0, 0.05) is 23.8 Å². The lowest BCUT2D eigenvalue weighted by atomic mass is 10.2. The van der Waals surface area contributed by atoms with Gasteiger partial charge in [-0.15, -0.1) is 0 Å². The van der Waals surface area contributed by atoms with Crippen LogP contribution in [0.25, 0.3) is 21.2 Å². The van der Waals surface area contributed by atoms with Crippen LogP contribution in [0.3, 0.4) is 0 Å². The zero-order valence-electron chi connectivity index (χ0n) is 15.4. The molecule has 0 atom stereocenters. The SMILES string of the molecule is O=C(c1cc2ccccc2o1)N(Cc1cccnc1)c1nc2c(F)cc(F)cc2s1. The van der Waals surface area contributed by atoms with Gasteiger partial charge in [0.2, 0.25) is 0 Å². The minimum absolute atomic E-state index is 0.0185. The molecule has 0 aliphatic heterocycles. The number of pyridine rings is 1. The highest BCUT2D eigenvalue weighted by molar-refractivity contribution is 7.22.